The van der Waals surface area contributed by atoms with Crippen LogP contribution in [0.15, 0.2) is 18.2 Å². The molecule has 0 aliphatic carbocycles. The second-order valence-electron chi connectivity index (χ2n) is 5.18. The van der Waals surface area contributed by atoms with Crippen molar-refractivity contribution in [2.45, 2.75) is 52.4 Å². The van der Waals surface area contributed by atoms with Crippen molar-refractivity contribution in [3.05, 3.63) is 23.8 Å². The summed E-state index contributed by atoms with van der Waals surface area (Å²) in [5, 5.41) is 12.8. The van der Waals surface area contributed by atoms with Crippen molar-refractivity contribution in [3.63, 3.8) is 0 Å². The predicted molar refractivity (Wildman–Crippen MR) is 81.4 cm³/mol. The maximum Gasteiger partial charge on any atom is 0.161 e. The number of ether oxygens (including phenoxy) is 2. The average molecular weight is 281 g/mol. The molecule has 1 atom stereocenters. The van der Waals surface area contributed by atoms with E-state index in [0.29, 0.717) is 0 Å². The lowest BCUT2D eigenvalue weighted by molar-refractivity contribution is 0.159. The number of hydrogen-bond acceptors (Lipinski definition) is 4. The van der Waals surface area contributed by atoms with Crippen LogP contribution in [0.1, 0.15) is 39.2 Å². The first-order chi connectivity index (χ1) is 9.56. The van der Waals surface area contributed by atoms with Gasteiger partial charge in [0.2, 0.25) is 0 Å². The lowest BCUT2D eigenvalue weighted by atomic mass is 10.2. The van der Waals surface area contributed by atoms with Gasteiger partial charge in [0, 0.05) is 6.54 Å². The van der Waals surface area contributed by atoms with Crippen molar-refractivity contribution < 1.29 is 14.6 Å². The van der Waals surface area contributed by atoms with Gasteiger partial charge in [-0.25, -0.2) is 0 Å². The van der Waals surface area contributed by atoms with Crippen LogP contribution in [-0.4, -0.2) is 31.0 Å². The van der Waals surface area contributed by atoms with E-state index in [1.165, 1.54) is 0 Å². The first kappa shape index (κ1) is 16.8. The summed E-state index contributed by atoms with van der Waals surface area (Å²) in [5.41, 5.74) is 1.14. The summed E-state index contributed by atoms with van der Waals surface area (Å²) >= 11 is 0. The molecule has 2 N–H and O–H groups in total. The van der Waals surface area contributed by atoms with E-state index in [1.54, 1.807) is 7.11 Å². The van der Waals surface area contributed by atoms with Gasteiger partial charge in [-0.15, -0.1) is 0 Å². The fourth-order valence-corrected chi connectivity index (χ4v) is 1.88. The molecule has 20 heavy (non-hydrogen) atoms. The molecule has 4 heteroatoms. The van der Waals surface area contributed by atoms with Gasteiger partial charge in [0.1, 0.15) is 0 Å². The van der Waals surface area contributed by atoms with Crippen LogP contribution in [0.3, 0.4) is 0 Å². The molecule has 0 aromatic heterocycles. The van der Waals surface area contributed by atoms with Crippen molar-refractivity contribution in [2.24, 2.45) is 0 Å². The zero-order chi connectivity index (χ0) is 15.0. The number of nitrogens with one attached hydrogen (secondary N) is 1. The maximum atomic E-state index is 9.48. The van der Waals surface area contributed by atoms with Crippen molar-refractivity contribution in [1.82, 2.24) is 5.32 Å². The summed E-state index contributed by atoms with van der Waals surface area (Å²) in [6.07, 6.45) is 1.50. The lowest BCUT2D eigenvalue weighted by Gasteiger charge is -2.15. The van der Waals surface area contributed by atoms with Gasteiger partial charge in [0.25, 0.3) is 0 Å². The van der Waals surface area contributed by atoms with E-state index < -0.39 is 0 Å². The van der Waals surface area contributed by atoms with Crippen molar-refractivity contribution in [1.29, 1.82) is 0 Å². The molecule has 1 aromatic carbocycles. The third-order valence-corrected chi connectivity index (χ3v) is 3.05. The van der Waals surface area contributed by atoms with Crippen LogP contribution in [0.5, 0.6) is 11.5 Å². The van der Waals surface area contributed by atoms with Gasteiger partial charge < -0.3 is 19.9 Å². The molecule has 0 amide bonds. The first-order valence-electron chi connectivity index (χ1n) is 7.29. The Morgan fingerprint density at radius 2 is 2.00 bits per heavy atom. The molecule has 114 valence electrons. The second-order valence-corrected chi connectivity index (χ2v) is 5.18. The van der Waals surface area contributed by atoms with Crippen LogP contribution in [-0.2, 0) is 6.54 Å². The molecule has 0 saturated heterocycles. The molecular formula is C16H27NO3. The minimum atomic E-state index is -0.209. The van der Waals surface area contributed by atoms with Gasteiger partial charge in [-0.3, -0.25) is 0 Å². The Kier molecular flexibility index (Phi) is 7.41. The van der Waals surface area contributed by atoms with E-state index in [-0.39, 0.29) is 12.2 Å². The molecule has 0 saturated carbocycles. The molecule has 1 unspecified atom stereocenters. The molecule has 4 nitrogen and oxygen atoms in total. The molecule has 0 spiro atoms. The van der Waals surface area contributed by atoms with Gasteiger partial charge in [-0.1, -0.05) is 13.0 Å². The van der Waals surface area contributed by atoms with Crippen LogP contribution in [0.2, 0.25) is 0 Å². The molecule has 0 aliphatic rings. The summed E-state index contributed by atoms with van der Waals surface area (Å²) in [4.78, 5) is 0. The van der Waals surface area contributed by atoms with Gasteiger partial charge in [-0.2, -0.15) is 0 Å². The Bertz CT molecular complexity index is 393. The number of aliphatic hydroxyl groups is 1. The van der Waals surface area contributed by atoms with Gasteiger partial charge in [0.15, 0.2) is 11.5 Å². The Labute approximate surface area is 122 Å². The molecule has 0 bridgehead atoms. The van der Waals surface area contributed by atoms with E-state index in [2.05, 4.69) is 5.32 Å². The number of rotatable bonds is 9. The first-order valence-corrected chi connectivity index (χ1v) is 7.29. The average Bonchev–Trinajstić information content (AvgIpc) is 2.43. The monoisotopic (exact) mass is 281 g/mol. The summed E-state index contributed by atoms with van der Waals surface area (Å²) in [5.74, 6) is 1.53. The van der Waals surface area contributed by atoms with Crippen LogP contribution >= 0.6 is 0 Å². The van der Waals surface area contributed by atoms with E-state index in [4.69, 9.17) is 9.47 Å². The molecule has 0 fully saturated rings. The summed E-state index contributed by atoms with van der Waals surface area (Å²) in [7, 11) is 1.65. The quantitative estimate of drug-likeness (QED) is 0.683. The van der Waals surface area contributed by atoms with E-state index in [1.807, 2.05) is 39.0 Å². The van der Waals surface area contributed by atoms with Crippen LogP contribution in [0, 0.1) is 0 Å². The maximum absolute atomic E-state index is 9.48. The zero-order valence-electron chi connectivity index (χ0n) is 13.0. The number of methoxy groups -OCH3 is 1. The highest BCUT2D eigenvalue weighted by atomic mass is 16.5. The highest BCUT2D eigenvalue weighted by Crippen LogP contribution is 2.28. The Morgan fingerprint density at radius 1 is 1.25 bits per heavy atom. The minimum Gasteiger partial charge on any atom is -0.493 e. The summed E-state index contributed by atoms with van der Waals surface area (Å²) in [6, 6.07) is 5.96. The van der Waals surface area contributed by atoms with Gasteiger partial charge in [-0.05, 0) is 50.9 Å². The van der Waals surface area contributed by atoms with Crippen LogP contribution < -0.4 is 14.8 Å². The Hall–Kier alpha value is -1.26. The Morgan fingerprint density at radius 3 is 2.60 bits per heavy atom. The molecule has 0 heterocycles. The third kappa shape index (κ3) is 5.80. The molecule has 0 aliphatic heterocycles. The van der Waals surface area contributed by atoms with Crippen molar-refractivity contribution >= 4 is 0 Å². The smallest absolute Gasteiger partial charge is 0.161 e. The molecule has 0 radical (unpaired) electrons. The summed E-state index contributed by atoms with van der Waals surface area (Å²) in [6.45, 7) is 7.54. The lowest BCUT2D eigenvalue weighted by Crippen LogP contribution is -2.19. The second kappa shape index (κ2) is 8.82. The normalized spacial score (nSPS) is 12.5. The van der Waals surface area contributed by atoms with Crippen molar-refractivity contribution in [3.8, 4) is 11.5 Å². The van der Waals surface area contributed by atoms with Crippen molar-refractivity contribution in [2.75, 3.05) is 13.7 Å². The van der Waals surface area contributed by atoms with E-state index in [9.17, 15) is 5.11 Å². The van der Waals surface area contributed by atoms with Crippen LogP contribution in [0.4, 0.5) is 0 Å². The van der Waals surface area contributed by atoms with Gasteiger partial charge in [0.05, 0.1) is 19.3 Å². The SMILES string of the molecule is CCC(O)CCNCc1ccc(OC(C)C)c(OC)c1. The minimum absolute atomic E-state index is 0.128. The fraction of sp³-hybridized carbons (Fsp3) is 0.625. The molecule has 1 rings (SSSR count). The largest absolute Gasteiger partial charge is 0.493 e. The van der Waals surface area contributed by atoms with Gasteiger partial charge >= 0.3 is 0 Å². The number of hydrogen-bond donors (Lipinski definition) is 2. The number of benzene rings is 1. The Balaban J connectivity index is 2.51. The fourth-order valence-electron chi connectivity index (χ4n) is 1.88. The highest BCUT2D eigenvalue weighted by molar-refractivity contribution is 5.43. The molecular weight excluding hydrogens is 254 g/mol. The highest BCUT2D eigenvalue weighted by Gasteiger charge is 2.07. The summed E-state index contributed by atoms with van der Waals surface area (Å²) < 4.78 is 11.0. The molecule has 1 aromatic rings. The topological polar surface area (TPSA) is 50.7 Å². The van der Waals surface area contributed by atoms with E-state index >= 15 is 0 Å². The third-order valence-electron chi connectivity index (χ3n) is 3.05. The predicted octanol–water partition coefficient (Wildman–Crippen LogP) is 2.73. The van der Waals surface area contributed by atoms with E-state index in [0.717, 1.165) is 43.0 Å². The van der Waals surface area contributed by atoms with Crippen LogP contribution in [0.25, 0.3) is 0 Å². The zero-order valence-corrected chi connectivity index (χ0v) is 13.0. The standard InChI is InChI=1S/C16H27NO3/c1-5-14(18)8-9-17-11-13-6-7-15(20-12(2)3)16(10-13)19-4/h6-7,10,12,14,17-18H,5,8-9,11H2,1-4H3. The number of aliphatic hydroxyl groups excluding tert-OH is 1.